The maximum Gasteiger partial charge on any atom is 0.248 e. The summed E-state index contributed by atoms with van der Waals surface area (Å²) >= 11 is 0. The molecule has 0 aromatic heterocycles. The number of nitrogens with zero attached hydrogens (tertiary/aromatic N) is 1. The highest BCUT2D eigenvalue weighted by Gasteiger charge is 2.35. The highest BCUT2D eigenvalue weighted by Crippen LogP contribution is 2.40. The molecule has 9 N–H and O–H groups in total. The molecule has 1 heterocycles. The fourth-order valence-corrected chi connectivity index (χ4v) is 5.35. The third-order valence-electron chi connectivity index (χ3n) is 8.11. The minimum Gasteiger partial charge on any atom is -0.492 e. The van der Waals surface area contributed by atoms with Crippen molar-refractivity contribution in [2.45, 2.75) is 64.3 Å². The Morgan fingerprint density at radius 1 is 1.00 bits per heavy atom. The van der Waals surface area contributed by atoms with Crippen molar-refractivity contribution in [3.63, 3.8) is 0 Å². The number of hydrogen-bond acceptors (Lipinski definition) is 11. The molecule has 4 amide bonds. The van der Waals surface area contributed by atoms with Gasteiger partial charge in [0.05, 0.1) is 12.6 Å². The predicted molar refractivity (Wildman–Crippen MR) is 183 cm³/mol. The fourth-order valence-electron chi connectivity index (χ4n) is 5.35. The number of carbonyl (C=O) groups excluding carboxylic acids is 5. The van der Waals surface area contributed by atoms with Gasteiger partial charge in [0.2, 0.25) is 23.6 Å². The van der Waals surface area contributed by atoms with Gasteiger partial charge >= 0.3 is 0 Å². The van der Waals surface area contributed by atoms with E-state index in [0.717, 1.165) is 0 Å². The number of fused-ring (bicyclic) bond motifs is 5. The first-order valence-corrected chi connectivity index (χ1v) is 16.3. The highest BCUT2D eigenvalue weighted by molar-refractivity contribution is 5.96. The Hall–Kier alpha value is -4.57. The Morgan fingerprint density at radius 3 is 2.18 bits per heavy atom. The number of aliphatic hydroxyl groups is 1. The van der Waals surface area contributed by atoms with Crippen molar-refractivity contribution in [1.29, 1.82) is 0 Å². The topological polar surface area (TPSA) is 227 Å². The summed E-state index contributed by atoms with van der Waals surface area (Å²) < 4.78 is 12.0. The predicted octanol–water partition coefficient (Wildman–Crippen LogP) is -0.862. The van der Waals surface area contributed by atoms with Crippen LogP contribution in [-0.2, 0) is 30.4 Å². The second kappa shape index (κ2) is 18.3. The summed E-state index contributed by atoms with van der Waals surface area (Å²) in [6, 6.07) is 4.91. The molecule has 15 nitrogen and oxygen atoms in total. The molecular weight excluding hydrogens is 634 g/mol. The van der Waals surface area contributed by atoms with Gasteiger partial charge in [0.1, 0.15) is 48.9 Å². The van der Waals surface area contributed by atoms with Gasteiger partial charge in [-0.1, -0.05) is 19.1 Å². The average molecular weight is 684 g/mol. The van der Waals surface area contributed by atoms with E-state index < -0.39 is 60.4 Å². The normalized spacial score (nSPS) is 19.0. The van der Waals surface area contributed by atoms with E-state index in [1.807, 2.05) is 0 Å². The minimum absolute atomic E-state index is 0.0263. The van der Waals surface area contributed by atoms with Crippen LogP contribution < -0.4 is 42.2 Å². The summed E-state index contributed by atoms with van der Waals surface area (Å²) in [4.78, 5) is 67.7. The second-order valence-corrected chi connectivity index (χ2v) is 11.8. The van der Waals surface area contributed by atoms with Crippen LogP contribution >= 0.6 is 0 Å². The molecule has 4 bridgehead atoms. The lowest BCUT2D eigenvalue weighted by atomic mass is 9.93. The van der Waals surface area contributed by atoms with Gasteiger partial charge in [-0.15, -0.1) is 0 Å². The average Bonchev–Trinajstić information content (AvgIpc) is 3.08. The van der Waals surface area contributed by atoms with Gasteiger partial charge in [0, 0.05) is 37.7 Å². The number of likely N-dealkylation sites (N-methyl/N-ethyl adjacent to an activating group) is 2. The van der Waals surface area contributed by atoms with Crippen LogP contribution in [0, 0.1) is 0 Å². The summed E-state index contributed by atoms with van der Waals surface area (Å²) in [5.41, 5.74) is 13.6. The largest absolute Gasteiger partial charge is 0.492 e. The second-order valence-electron chi connectivity index (χ2n) is 11.8. The van der Waals surface area contributed by atoms with Crippen molar-refractivity contribution in [1.82, 2.24) is 26.2 Å². The van der Waals surface area contributed by atoms with E-state index in [0.29, 0.717) is 40.3 Å². The number of ketones is 1. The smallest absolute Gasteiger partial charge is 0.248 e. The molecule has 2 aromatic rings. The zero-order valence-corrected chi connectivity index (χ0v) is 28.7. The number of Topliss-reactive ketones (excluding diaryl/α,β-unsaturated/α-hetero) is 1. The zero-order chi connectivity index (χ0) is 36.2. The van der Waals surface area contributed by atoms with Crippen LogP contribution in [0.2, 0.25) is 0 Å². The maximum absolute atomic E-state index is 14.1. The summed E-state index contributed by atoms with van der Waals surface area (Å²) in [6.45, 7) is 6.81. The van der Waals surface area contributed by atoms with Crippen LogP contribution in [0.4, 0.5) is 0 Å². The van der Waals surface area contributed by atoms with Crippen molar-refractivity contribution in [2.75, 3.05) is 46.5 Å². The van der Waals surface area contributed by atoms with Crippen LogP contribution in [0.3, 0.4) is 0 Å². The first-order valence-electron chi connectivity index (χ1n) is 16.3. The van der Waals surface area contributed by atoms with Crippen LogP contribution in [0.25, 0.3) is 11.1 Å². The molecule has 1 aliphatic rings. The third-order valence-corrected chi connectivity index (χ3v) is 8.11. The SMILES string of the molecule is CCNC(CO)C(=O)N(C)C1C(=O)NC(C)C(=O)NC(C(=O)NC(C)C(C)=O)Cc2ccc(OCCN)c(c2)-c2cc1ccc2OCCN. The molecule has 0 saturated heterocycles. The van der Waals surface area contributed by atoms with E-state index in [1.54, 1.807) is 50.2 Å². The number of benzene rings is 2. The van der Waals surface area contributed by atoms with E-state index in [-0.39, 0.29) is 38.5 Å². The van der Waals surface area contributed by atoms with Crippen LogP contribution in [-0.4, -0.2) is 110 Å². The summed E-state index contributed by atoms with van der Waals surface area (Å²) in [5.74, 6) is -1.93. The lowest BCUT2D eigenvalue weighted by Gasteiger charge is -2.32. The third kappa shape index (κ3) is 9.98. The van der Waals surface area contributed by atoms with Gasteiger partial charge in [0.15, 0.2) is 5.78 Å². The van der Waals surface area contributed by atoms with E-state index in [4.69, 9.17) is 20.9 Å². The monoisotopic (exact) mass is 683 g/mol. The molecule has 1 aliphatic heterocycles. The van der Waals surface area contributed by atoms with Gasteiger partial charge in [-0.05, 0) is 62.7 Å². The molecule has 0 spiro atoms. The molecule has 2 aromatic carbocycles. The molecule has 5 atom stereocenters. The first-order chi connectivity index (χ1) is 23.4. The number of ether oxygens (including phenoxy) is 2. The molecule has 0 aliphatic carbocycles. The van der Waals surface area contributed by atoms with E-state index in [1.165, 1.54) is 25.8 Å². The number of rotatable bonds is 14. The van der Waals surface area contributed by atoms with Crippen molar-refractivity contribution >= 4 is 29.4 Å². The molecular formula is C34H49N7O8. The summed E-state index contributed by atoms with van der Waals surface area (Å²) in [6.07, 6.45) is 0.0263. The number of hydrogen-bond donors (Lipinski definition) is 7. The Labute approximate surface area is 286 Å². The maximum atomic E-state index is 14.1. The number of nitrogens with one attached hydrogen (secondary N) is 4. The Balaban J connectivity index is 2.30. The van der Waals surface area contributed by atoms with E-state index in [2.05, 4.69) is 21.3 Å². The van der Waals surface area contributed by atoms with Crippen molar-refractivity contribution in [3.8, 4) is 22.6 Å². The van der Waals surface area contributed by atoms with Crippen LogP contribution in [0.15, 0.2) is 36.4 Å². The first kappa shape index (κ1) is 38.9. The number of amides is 4. The van der Waals surface area contributed by atoms with Crippen molar-refractivity contribution in [2.24, 2.45) is 11.5 Å². The lowest BCUT2D eigenvalue weighted by molar-refractivity contribution is -0.142. The van der Waals surface area contributed by atoms with E-state index in [9.17, 15) is 29.1 Å². The minimum atomic E-state index is -1.27. The molecule has 3 rings (SSSR count). The number of nitrogens with two attached hydrogens (primary N) is 2. The lowest BCUT2D eigenvalue weighted by Crippen LogP contribution is -2.56. The molecule has 0 radical (unpaired) electrons. The van der Waals surface area contributed by atoms with Gasteiger partial charge in [-0.2, -0.15) is 0 Å². The molecule has 0 fully saturated rings. The summed E-state index contributed by atoms with van der Waals surface area (Å²) in [7, 11) is 1.44. The summed E-state index contributed by atoms with van der Waals surface area (Å²) in [5, 5.41) is 20.9. The van der Waals surface area contributed by atoms with Gasteiger partial charge < -0.3 is 52.2 Å². The van der Waals surface area contributed by atoms with Gasteiger partial charge in [0.25, 0.3) is 0 Å². The Bertz CT molecular complexity index is 1500. The zero-order valence-electron chi connectivity index (χ0n) is 28.7. The molecule has 0 saturated carbocycles. The fraction of sp³-hybridized carbons (Fsp3) is 0.500. The Kier molecular flexibility index (Phi) is 14.5. The number of carbonyl (C=O) groups is 5. The molecule has 49 heavy (non-hydrogen) atoms. The van der Waals surface area contributed by atoms with Crippen LogP contribution in [0.5, 0.6) is 11.5 Å². The number of aliphatic hydroxyl groups excluding tert-OH is 1. The molecule has 15 heteroatoms. The van der Waals surface area contributed by atoms with Crippen molar-refractivity contribution in [3.05, 3.63) is 47.5 Å². The highest BCUT2D eigenvalue weighted by atomic mass is 16.5. The van der Waals surface area contributed by atoms with Crippen LogP contribution in [0.1, 0.15) is 44.9 Å². The van der Waals surface area contributed by atoms with E-state index >= 15 is 0 Å². The quantitative estimate of drug-likeness (QED) is 0.130. The standard InChI is InChI=1S/C34H49N7O8/c1-6-37-27(18-42)34(47)41(5)30-23-8-10-29(49-14-12-36)25(17-23)24-15-22(7-9-28(24)48-13-11-35)16-26(32(45)38-19(2)21(4)43)40-31(44)20(3)39-33(30)46/h7-10,15,17,19-20,26-27,30,37,42H,6,11-14,16,18,35-36H2,1-5H3,(H,38,45)(H,39,46)(H,40,44). The van der Waals surface area contributed by atoms with Gasteiger partial charge in [-0.25, -0.2) is 0 Å². The Morgan fingerprint density at radius 2 is 1.61 bits per heavy atom. The molecule has 5 unspecified atom stereocenters. The van der Waals surface area contributed by atoms with Crippen molar-refractivity contribution < 1.29 is 38.6 Å². The van der Waals surface area contributed by atoms with Gasteiger partial charge in [-0.3, -0.25) is 24.0 Å². The molecule has 268 valence electrons.